The molecule has 0 spiro atoms. The molecule has 3 atom stereocenters. The molecule has 1 aliphatic carbocycles. The topological polar surface area (TPSA) is 67.4 Å². The first kappa shape index (κ1) is 16.9. The zero-order chi connectivity index (χ0) is 17.2. The Morgan fingerprint density at radius 2 is 2.12 bits per heavy atom. The van der Waals surface area contributed by atoms with E-state index < -0.39 is 0 Å². The molecule has 3 fully saturated rings. The maximum absolute atomic E-state index is 12.5. The van der Waals surface area contributed by atoms with E-state index in [1.807, 2.05) is 6.92 Å². The van der Waals surface area contributed by atoms with Gasteiger partial charge in [-0.25, -0.2) is 0 Å². The van der Waals surface area contributed by atoms with Crippen LogP contribution >= 0.6 is 0 Å². The summed E-state index contributed by atoms with van der Waals surface area (Å²) in [5, 5.41) is 2.95. The van der Waals surface area contributed by atoms with Gasteiger partial charge in [-0.1, -0.05) is 12.8 Å². The Kier molecular flexibility index (Phi) is 4.99. The first-order valence-electron chi connectivity index (χ1n) is 9.64. The first-order valence-corrected chi connectivity index (χ1v) is 9.64. The number of nitrogens with one attached hydrogen (secondary N) is 1. The number of aromatic nitrogens is 2. The molecule has 1 amide bonds. The van der Waals surface area contributed by atoms with E-state index in [0.717, 1.165) is 36.7 Å². The van der Waals surface area contributed by atoms with Gasteiger partial charge in [0.05, 0.1) is 30.2 Å². The highest BCUT2D eigenvalue weighted by Gasteiger charge is 2.45. The van der Waals surface area contributed by atoms with Crippen molar-refractivity contribution >= 4 is 5.91 Å². The lowest BCUT2D eigenvalue weighted by molar-refractivity contribution is -0.132. The van der Waals surface area contributed by atoms with Crippen LogP contribution in [0.2, 0.25) is 0 Å². The number of fused-ring (bicyclic) bond motifs is 1. The molecular weight excluding hydrogens is 316 g/mol. The van der Waals surface area contributed by atoms with Crippen LogP contribution in [0.3, 0.4) is 0 Å². The van der Waals surface area contributed by atoms with E-state index in [9.17, 15) is 4.79 Å². The number of amides is 1. The Morgan fingerprint density at radius 3 is 2.88 bits per heavy atom. The molecule has 4 rings (SSSR count). The van der Waals surface area contributed by atoms with Crippen molar-refractivity contribution in [3.8, 4) is 0 Å². The number of carbonyl (C=O) groups excluding carboxylic acids is 1. The van der Waals surface area contributed by atoms with Gasteiger partial charge in [0.1, 0.15) is 6.10 Å². The van der Waals surface area contributed by atoms with Crippen molar-refractivity contribution in [3.63, 3.8) is 0 Å². The monoisotopic (exact) mass is 344 g/mol. The number of nitrogens with zero attached hydrogens (tertiary/aromatic N) is 3. The summed E-state index contributed by atoms with van der Waals surface area (Å²) in [4.78, 5) is 23.5. The van der Waals surface area contributed by atoms with E-state index in [1.165, 1.54) is 32.2 Å². The third-order valence-electron chi connectivity index (χ3n) is 5.93. The number of likely N-dealkylation sites (tertiary alicyclic amines) is 1. The molecule has 1 saturated carbocycles. The lowest BCUT2D eigenvalue weighted by atomic mass is 10.0. The molecule has 0 radical (unpaired) electrons. The van der Waals surface area contributed by atoms with E-state index >= 15 is 0 Å². The van der Waals surface area contributed by atoms with Gasteiger partial charge in [0.25, 0.3) is 0 Å². The molecule has 1 N–H and O–H groups in total. The number of hydrogen-bond donors (Lipinski definition) is 1. The van der Waals surface area contributed by atoms with Gasteiger partial charge in [-0.15, -0.1) is 0 Å². The molecule has 0 aromatic carbocycles. The van der Waals surface area contributed by atoms with Gasteiger partial charge in [-0.3, -0.25) is 19.7 Å². The molecular formula is C19H28N4O2. The summed E-state index contributed by atoms with van der Waals surface area (Å²) in [6, 6.07) is 0.426. The highest BCUT2D eigenvalue weighted by Crippen LogP contribution is 2.35. The summed E-state index contributed by atoms with van der Waals surface area (Å²) < 4.78 is 6.06. The van der Waals surface area contributed by atoms with Gasteiger partial charge < -0.3 is 10.1 Å². The number of rotatable bonds is 5. The largest absolute Gasteiger partial charge is 0.363 e. The standard InChI is InChI=1S/C19H28N4O2/c1-13-9-21-15(10-20-13)11-22-19(24)18-8-16-17(25-18)6-7-23(16)12-14-4-2-3-5-14/h9-10,14,16-18H,2-8,11-12H2,1H3,(H,22,24)/t16-,17-,18+/m1/s1. The SMILES string of the molecule is Cc1cnc(CNC(=O)[C@@H]2C[C@@H]3[C@@H](CCN3CC3CCCC3)O2)cn1. The molecule has 1 aromatic rings. The van der Waals surface area contributed by atoms with E-state index in [0.29, 0.717) is 12.6 Å². The van der Waals surface area contributed by atoms with Crippen molar-refractivity contribution in [2.45, 2.75) is 70.2 Å². The average molecular weight is 344 g/mol. The molecule has 136 valence electrons. The lowest BCUT2D eigenvalue weighted by Crippen LogP contribution is -2.37. The van der Waals surface area contributed by atoms with Crippen molar-refractivity contribution in [1.82, 2.24) is 20.2 Å². The Morgan fingerprint density at radius 1 is 1.28 bits per heavy atom. The molecule has 1 aromatic heterocycles. The maximum atomic E-state index is 12.5. The van der Waals surface area contributed by atoms with Crippen molar-refractivity contribution in [1.29, 1.82) is 0 Å². The fourth-order valence-electron chi connectivity index (χ4n) is 4.55. The number of ether oxygens (including phenoxy) is 1. The molecule has 0 bridgehead atoms. The highest BCUT2D eigenvalue weighted by atomic mass is 16.5. The van der Waals surface area contributed by atoms with Crippen LogP contribution < -0.4 is 5.32 Å². The van der Waals surface area contributed by atoms with Crippen LogP contribution in [-0.2, 0) is 16.1 Å². The summed E-state index contributed by atoms with van der Waals surface area (Å²) in [6.07, 6.45) is 10.7. The summed E-state index contributed by atoms with van der Waals surface area (Å²) >= 11 is 0. The van der Waals surface area contributed by atoms with Gasteiger partial charge in [0.15, 0.2) is 0 Å². The van der Waals surface area contributed by atoms with Crippen LogP contribution in [0.4, 0.5) is 0 Å². The summed E-state index contributed by atoms with van der Waals surface area (Å²) in [5.74, 6) is 0.837. The Labute approximate surface area is 149 Å². The van der Waals surface area contributed by atoms with Crippen LogP contribution in [0.5, 0.6) is 0 Å². The second-order valence-corrected chi connectivity index (χ2v) is 7.77. The van der Waals surface area contributed by atoms with E-state index in [1.54, 1.807) is 12.4 Å². The first-order chi connectivity index (χ1) is 12.2. The van der Waals surface area contributed by atoms with Crippen LogP contribution in [0.15, 0.2) is 12.4 Å². The van der Waals surface area contributed by atoms with E-state index in [2.05, 4.69) is 20.2 Å². The summed E-state index contributed by atoms with van der Waals surface area (Å²) in [6.45, 7) is 4.63. The van der Waals surface area contributed by atoms with E-state index in [-0.39, 0.29) is 18.1 Å². The van der Waals surface area contributed by atoms with Crippen molar-refractivity contribution in [2.24, 2.45) is 5.92 Å². The zero-order valence-electron chi connectivity index (χ0n) is 15.0. The average Bonchev–Trinajstić information content (AvgIpc) is 3.33. The van der Waals surface area contributed by atoms with Gasteiger partial charge in [-0.2, -0.15) is 0 Å². The van der Waals surface area contributed by atoms with Crippen LogP contribution in [0, 0.1) is 12.8 Å². The Balaban J connectivity index is 1.28. The van der Waals surface area contributed by atoms with Crippen LogP contribution in [0.1, 0.15) is 49.9 Å². The fraction of sp³-hybridized carbons (Fsp3) is 0.737. The normalized spacial score (nSPS) is 29.9. The zero-order valence-corrected chi connectivity index (χ0v) is 15.0. The molecule has 3 aliphatic rings. The highest BCUT2D eigenvalue weighted by molar-refractivity contribution is 5.81. The minimum Gasteiger partial charge on any atom is -0.363 e. The third kappa shape index (κ3) is 3.85. The molecule has 6 nitrogen and oxygen atoms in total. The lowest BCUT2D eigenvalue weighted by Gasteiger charge is -2.25. The quantitative estimate of drug-likeness (QED) is 0.882. The minimum absolute atomic E-state index is 0.0161. The predicted molar refractivity (Wildman–Crippen MR) is 93.8 cm³/mol. The second kappa shape index (κ2) is 7.38. The third-order valence-corrected chi connectivity index (χ3v) is 5.93. The summed E-state index contributed by atoms with van der Waals surface area (Å²) in [5.41, 5.74) is 1.66. The smallest absolute Gasteiger partial charge is 0.249 e. The molecule has 2 aliphatic heterocycles. The van der Waals surface area contributed by atoms with Gasteiger partial charge in [0, 0.05) is 31.7 Å². The number of carbonyl (C=O) groups is 1. The molecule has 6 heteroatoms. The Bertz CT molecular complexity index is 600. The van der Waals surface area contributed by atoms with Gasteiger partial charge in [-0.05, 0) is 32.1 Å². The van der Waals surface area contributed by atoms with E-state index in [4.69, 9.17) is 4.74 Å². The van der Waals surface area contributed by atoms with Crippen molar-refractivity contribution in [3.05, 3.63) is 23.8 Å². The van der Waals surface area contributed by atoms with Gasteiger partial charge >= 0.3 is 0 Å². The second-order valence-electron chi connectivity index (χ2n) is 7.77. The maximum Gasteiger partial charge on any atom is 0.249 e. The van der Waals surface area contributed by atoms with Gasteiger partial charge in [0.2, 0.25) is 5.91 Å². The molecule has 3 heterocycles. The molecule has 25 heavy (non-hydrogen) atoms. The molecule has 0 unspecified atom stereocenters. The van der Waals surface area contributed by atoms with Crippen molar-refractivity contribution in [2.75, 3.05) is 13.1 Å². The fourth-order valence-corrected chi connectivity index (χ4v) is 4.55. The number of aryl methyl sites for hydroxylation is 1. The summed E-state index contributed by atoms with van der Waals surface area (Å²) in [7, 11) is 0. The molecule has 2 saturated heterocycles. The minimum atomic E-state index is -0.320. The van der Waals surface area contributed by atoms with Crippen molar-refractivity contribution < 1.29 is 9.53 Å². The van der Waals surface area contributed by atoms with Crippen LogP contribution in [0.25, 0.3) is 0 Å². The number of hydrogen-bond acceptors (Lipinski definition) is 5. The van der Waals surface area contributed by atoms with Crippen LogP contribution in [-0.4, -0.2) is 52.1 Å². The Hall–Kier alpha value is -1.53. The predicted octanol–water partition coefficient (Wildman–Crippen LogP) is 1.82.